The minimum Gasteiger partial charge on any atom is -0.274 e. The van der Waals surface area contributed by atoms with Gasteiger partial charge in [0.1, 0.15) is 0 Å². The van der Waals surface area contributed by atoms with E-state index in [4.69, 9.17) is 0 Å². The summed E-state index contributed by atoms with van der Waals surface area (Å²) in [6.07, 6.45) is -19.9. The highest BCUT2D eigenvalue weighted by atomic mass is 32.2. The van der Waals surface area contributed by atoms with Gasteiger partial charge in [-0.25, -0.2) is 4.39 Å². The molecule has 1 unspecified atom stereocenters. The molecule has 13 heteroatoms. The van der Waals surface area contributed by atoms with Crippen molar-refractivity contribution in [1.29, 1.82) is 0 Å². The molecule has 0 bridgehead atoms. The molecule has 0 aliphatic carbocycles. The lowest BCUT2D eigenvalue weighted by atomic mass is 9.99. The summed E-state index contributed by atoms with van der Waals surface area (Å²) < 4.78 is 117. The van der Waals surface area contributed by atoms with E-state index in [0.717, 1.165) is 0 Å². The van der Waals surface area contributed by atoms with Crippen LogP contribution in [0.15, 0.2) is 0 Å². The summed E-state index contributed by atoms with van der Waals surface area (Å²) in [5, 5.41) is -5.84. The molecule has 0 amide bonds. The van der Waals surface area contributed by atoms with E-state index in [1.165, 1.54) is 0 Å². The number of carbonyl (C=O) groups excluding carboxylic acids is 1. The lowest BCUT2D eigenvalue weighted by Crippen LogP contribution is -2.68. The molecule has 0 aromatic carbocycles. The minimum absolute atomic E-state index is 1.67. The van der Waals surface area contributed by atoms with Gasteiger partial charge in [0.05, 0.1) is 0 Å². The SMILES string of the molecule is O=C1SC(F)(C(F)(F)F)C(C(F)(F)F)(C(F)(F)F)S1. The smallest absolute Gasteiger partial charge is 0.274 e. The Hall–Kier alpha value is -0.330. The molecule has 1 aliphatic heterocycles. The summed E-state index contributed by atoms with van der Waals surface area (Å²) in [6.45, 7) is 0. The Morgan fingerprint density at radius 1 is 0.737 bits per heavy atom. The molecule has 112 valence electrons. The highest BCUT2D eigenvalue weighted by Crippen LogP contribution is 2.72. The number of hydrogen-bond acceptors (Lipinski definition) is 3. The van der Waals surface area contributed by atoms with Crippen molar-refractivity contribution in [3.8, 4) is 0 Å². The first-order chi connectivity index (χ1) is 8.10. The summed E-state index contributed by atoms with van der Waals surface area (Å²) in [7, 11) is 0. The van der Waals surface area contributed by atoms with Crippen LogP contribution in [0.25, 0.3) is 0 Å². The lowest BCUT2D eigenvalue weighted by molar-refractivity contribution is -0.322. The van der Waals surface area contributed by atoms with Crippen molar-refractivity contribution in [2.45, 2.75) is 28.3 Å². The number of rotatable bonds is 0. The van der Waals surface area contributed by atoms with Crippen LogP contribution in [0.3, 0.4) is 0 Å². The molecule has 0 N–H and O–H groups in total. The quantitative estimate of drug-likeness (QED) is 0.595. The lowest BCUT2D eigenvalue weighted by Gasteiger charge is -2.40. The largest absolute Gasteiger partial charge is 0.434 e. The van der Waals surface area contributed by atoms with Crippen LogP contribution in [0.2, 0.25) is 0 Å². The Labute approximate surface area is 106 Å². The summed E-state index contributed by atoms with van der Waals surface area (Å²) in [4.78, 5) is 10.6. The van der Waals surface area contributed by atoms with Gasteiger partial charge < -0.3 is 0 Å². The van der Waals surface area contributed by atoms with E-state index >= 15 is 0 Å². The number of carbonyl (C=O) groups is 1. The van der Waals surface area contributed by atoms with E-state index in [9.17, 15) is 48.7 Å². The van der Waals surface area contributed by atoms with Crippen molar-refractivity contribution in [1.82, 2.24) is 0 Å². The van der Waals surface area contributed by atoms with Crippen LogP contribution >= 0.6 is 23.5 Å². The molecule has 0 spiro atoms. The molecule has 0 saturated carbocycles. The molecular formula is C6F10OS2. The van der Waals surface area contributed by atoms with Gasteiger partial charge in [-0.3, -0.25) is 4.79 Å². The average molecular weight is 342 g/mol. The summed E-state index contributed by atoms with van der Waals surface area (Å²) in [5.74, 6) is 0. The van der Waals surface area contributed by atoms with Gasteiger partial charge in [-0.2, -0.15) is 39.5 Å². The third kappa shape index (κ3) is 2.08. The molecule has 0 aromatic rings. The Morgan fingerprint density at radius 2 is 1.11 bits per heavy atom. The molecule has 1 rings (SSSR count). The van der Waals surface area contributed by atoms with Crippen molar-refractivity contribution in [2.75, 3.05) is 0 Å². The summed E-state index contributed by atoms with van der Waals surface area (Å²) >= 11 is -3.43. The van der Waals surface area contributed by atoms with E-state index in [2.05, 4.69) is 0 Å². The predicted octanol–water partition coefficient (Wildman–Crippen LogP) is 4.68. The molecule has 1 saturated heterocycles. The van der Waals surface area contributed by atoms with E-state index in [1.807, 2.05) is 0 Å². The van der Waals surface area contributed by atoms with Crippen molar-refractivity contribution >= 4 is 28.0 Å². The molecule has 1 heterocycles. The fourth-order valence-electron chi connectivity index (χ4n) is 1.30. The molecule has 1 aliphatic rings. The van der Waals surface area contributed by atoms with Crippen molar-refractivity contribution in [2.24, 2.45) is 0 Å². The second-order valence-electron chi connectivity index (χ2n) is 3.22. The number of alkyl halides is 10. The maximum Gasteiger partial charge on any atom is 0.434 e. The normalized spacial score (nSPS) is 28.8. The maximum atomic E-state index is 13.5. The Bertz CT molecular complexity index is 380. The van der Waals surface area contributed by atoms with E-state index in [0.29, 0.717) is 0 Å². The molecule has 19 heavy (non-hydrogen) atoms. The summed E-state index contributed by atoms with van der Waals surface area (Å²) in [6, 6.07) is 0. The zero-order valence-corrected chi connectivity index (χ0v) is 9.64. The fraction of sp³-hybridized carbons (Fsp3) is 0.833. The van der Waals surface area contributed by atoms with Gasteiger partial charge >= 0.3 is 18.5 Å². The van der Waals surface area contributed by atoms with Gasteiger partial charge in [0.15, 0.2) is 0 Å². The van der Waals surface area contributed by atoms with Crippen LogP contribution in [0.1, 0.15) is 0 Å². The average Bonchev–Trinajstić information content (AvgIpc) is 2.35. The van der Waals surface area contributed by atoms with Gasteiger partial charge in [0, 0.05) is 0 Å². The van der Waals surface area contributed by atoms with Gasteiger partial charge in [-0.05, 0) is 23.5 Å². The van der Waals surface area contributed by atoms with Gasteiger partial charge in [-0.1, -0.05) is 0 Å². The third-order valence-corrected chi connectivity index (χ3v) is 4.91. The molecule has 1 nitrogen and oxygen atoms in total. The molecular weight excluding hydrogens is 342 g/mol. The monoisotopic (exact) mass is 342 g/mol. The Kier molecular flexibility index (Phi) is 3.60. The van der Waals surface area contributed by atoms with E-state index < -0.39 is 56.2 Å². The third-order valence-electron chi connectivity index (χ3n) is 2.08. The van der Waals surface area contributed by atoms with Crippen molar-refractivity contribution < 1.29 is 48.7 Å². The maximum absolute atomic E-state index is 13.5. The topological polar surface area (TPSA) is 17.1 Å². The van der Waals surface area contributed by atoms with E-state index in [-0.39, 0.29) is 0 Å². The van der Waals surface area contributed by atoms with E-state index in [1.54, 1.807) is 0 Å². The van der Waals surface area contributed by atoms with Crippen molar-refractivity contribution in [3.05, 3.63) is 0 Å². The fourth-order valence-corrected chi connectivity index (χ4v) is 3.88. The first kappa shape index (κ1) is 16.7. The molecule has 0 radical (unpaired) electrons. The molecule has 1 atom stereocenters. The van der Waals surface area contributed by atoms with Crippen molar-refractivity contribution in [3.63, 3.8) is 0 Å². The van der Waals surface area contributed by atoms with Crippen LogP contribution in [0, 0.1) is 0 Å². The van der Waals surface area contributed by atoms with Crippen LogP contribution in [-0.2, 0) is 0 Å². The van der Waals surface area contributed by atoms with Gasteiger partial charge in [-0.15, -0.1) is 0 Å². The highest BCUT2D eigenvalue weighted by Gasteiger charge is 2.92. The molecule has 0 aromatic heterocycles. The minimum atomic E-state index is -6.67. The number of halogens is 10. The first-order valence-electron chi connectivity index (χ1n) is 3.91. The Morgan fingerprint density at radius 3 is 1.32 bits per heavy atom. The second kappa shape index (κ2) is 4.09. The first-order valence-corrected chi connectivity index (χ1v) is 5.54. The number of thioether (sulfide) groups is 2. The van der Waals surface area contributed by atoms with Crippen LogP contribution in [-0.4, -0.2) is 32.7 Å². The highest BCUT2D eigenvalue weighted by molar-refractivity contribution is 8.42. The Balaban J connectivity index is 3.67. The summed E-state index contributed by atoms with van der Waals surface area (Å²) in [5.41, 5.74) is 0. The molecule has 1 fully saturated rings. The van der Waals surface area contributed by atoms with Crippen LogP contribution in [0.5, 0.6) is 0 Å². The van der Waals surface area contributed by atoms with Crippen LogP contribution in [0.4, 0.5) is 48.7 Å². The standard InChI is InChI=1S/C6F10OS2/c7-3(6(14,15)16)2(4(8,9)10,5(11,12)13)18-1(17)19-3. The van der Waals surface area contributed by atoms with Gasteiger partial charge in [0.2, 0.25) is 0 Å². The van der Waals surface area contributed by atoms with Gasteiger partial charge in [0.25, 0.3) is 14.2 Å². The number of hydrogen-bond donors (Lipinski definition) is 0. The second-order valence-corrected chi connectivity index (χ2v) is 5.81. The zero-order valence-electron chi connectivity index (χ0n) is 8.00. The zero-order chi connectivity index (χ0) is 15.5. The van der Waals surface area contributed by atoms with Crippen LogP contribution < -0.4 is 0 Å². The predicted molar refractivity (Wildman–Crippen MR) is 45.3 cm³/mol.